The van der Waals surface area contributed by atoms with Gasteiger partial charge in [-0.25, -0.2) is 9.37 Å². The number of hydrogen-bond acceptors (Lipinski definition) is 3. The highest BCUT2D eigenvalue weighted by molar-refractivity contribution is 6.02. The molecule has 1 aromatic heterocycles. The molecule has 0 bridgehead atoms. The Bertz CT molecular complexity index is 1020. The molecule has 26 heavy (non-hydrogen) atoms. The minimum absolute atomic E-state index is 0.133. The van der Waals surface area contributed by atoms with Crippen molar-refractivity contribution in [2.45, 2.75) is 20.3 Å². The number of fused-ring (bicyclic) bond motifs is 1. The molecule has 1 atom stereocenters. The Balaban J connectivity index is 1.62. The topological polar surface area (TPSA) is 55.2 Å². The molecule has 132 valence electrons. The standard InChI is InChI=1S/C20H18FN3O2/c1-12-7-17-18(8-13(12)2)24(11-22-17)20(26)14-9-19(25)23(10-14)16-5-3-15(21)4-6-16/h3-8,11,14H,9-10H2,1-2H3. The van der Waals surface area contributed by atoms with E-state index >= 15 is 0 Å². The van der Waals surface area contributed by atoms with Gasteiger partial charge in [0.15, 0.2) is 0 Å². The fourth-order valence-electron chi connectivity index (χ4n) is 3.38. The number of anilines is 1. The zero-order chi connectivity index (χ0) is 18.4. The second kappa shape index (κ2) is 6.05. The Hall–Kier alpha value is -3.02. The van der Waals surface area contributed by atoms with Crippen LogP contribution in [0.15, 0.2) is 42.7 Å². The van der Waals surface area contributed by atoms with Gasteiger partial charge in [0.2, 0.25) is 11.8 Å². The van der Waals surface area contributed by atoms with Crippen LogP contribution in [-0.2, 0) is 4.79 Å². The summed E-state index contributed by atoms with van der Waals surface area (Å²) in [4.78, 5) is 31.2. The van der Waals surface area contributed by atoms with E-state index in [0.29, 0.717) is 5.69 Å². The van der Waals surface area contributed by atoms with E-state index in [4.69, 9.17) is 0 Å². The van der Waals surface area contributed by atoms with Gasteiger partial charge in [-0.1, -0.05) is 0 Å². The van der Waals surface area contributed by atoms with Gasteiger partial charge < -0.3 is 4.90 Å². The molecule has 2 heterocycles. The van der Waals surface area contributed by atoms with Crippen LogP contribution < -0.4 is 4.90 Å². The summed E-state index contributed by atoms with van der Waals surface area (Å²) in [6.45, 7) is 4.28. The summed E-state index contributed by atoms with van der Waals surface area (Å²) >= 11 is 0. The van der Waals surface area contributed by atoms with Crippen LogP contribution in [0.25, 0.3) is 11.0 Å². The Morgan fingerprint density at radius 2 is 1.85 bits per heavy atom. The third kappa shape index (κ3) is 2.67. The van der Waals surface area contributed by atoms with E-state index in [-0.39, 0.29) is 30.6 Å². The average molecular weight is 351 g/mol. The normalized spacial score (nSPS) is 17.3. The van der Waals surface area contributed by atoms with Gasteiger partial charge in [0.1, 0.15) is 12.1 Å². The third-order valence-corrected chi connectivity index (χ3v) is 5.01. The smallest absolute Gasteiger partial charge is 0.237 e. The summed E-state index contributed by atoms with van der Waals surface area (Å²) in [5, 5.41) is 0. The number of halogens is 1. The van der Waals surface area contributed by atoms with Crippen LogP contribution in [0.2, 0.25) is 0 Å². The first-order chi connectivity index (χ1) is 12.4. The monoisotopic (exact) mass is 351 g/mol. The van der Waals surface area contributed by atoms with Gasteiger partial charge in [0.25, 0.3) is 0 Å². The van der Waals surface area contributed by atoms with E-state index in [1.165, 1.54) is 27.9 Å². The maximum absolute atomic E-state index is 13.1. The molecule has 4 rings (SSSR count). The molecule has 1 aliphatic heterocycles. The Labute approximate surface area is 150 Å². The maximum atomic E-state index is 13.1. The van der Waals surface area contributed by atoms with Crippen LogP contribution >= 0.6 is 0 Å². The Morgan fingerprint density at radius 3 is 2.58 bits per heavy atom. The number of carbonyl (C=O) groups excluding carboxylic acids is 2. The highest BCUT2D eigenvalue weighted by Gasteiger charge is 2.36. The van der Waals surface area contributed by atoms with Gasteiger partial charge in [0, 0.05) is 18.7 Å². The van der Waals surface area contributed by atoms with Crippen molar-refractivity contribution in [3.05, 3.63) is 59.7 Å². The average Bonchev–Trinajstić information content (AvgIpc) is 3.19. The fraction of sp³-hybridized carbons (Fsp3) is 0.250. The fourth-order valence-corrected chi connectivity index (χ4v) is 3.38. The molecule has 1 amide bonds. The van der Waals surface area contributed by atoms with Crippen molar-refractivity contribution in [2.75, 3.05) is 11.4 Å². The summed E-state index contributed by atoms with van der Waals surface area (Å²) in [7, 11) is 0. The molecular formula is C20H18FN3O2. The minimum Gasteiger partial charge on any atom is -0.312 e. The molecule has 1 saturated heterocycles. The van der Waals surface area contributed by atoms with E-state index in [1.807, 2.05) is 26.0 Å². The summed E-state index contributed by atoms with van der Waals surface area (Å²) < 4.78 is 14.6. The number of imidazole rings is 1. The van der Waals surface area contributed by atoms with Gasteiger partial charge in [-0.05, 0) is 61.4 Å². The summed E-state index contributed by atoms with van der Waals surface area (Å²) in [6, 6.07) is 9.64. The molecule has 3 aromatic rings. The van der Waals surface area contributed by atoms with Crippen molar-refractivity contribution in [1.82, 2.24) is 9.55 Å². The summed E-state index contributed by atoms with van der Waals surface area (Å²) in [5.74, 6) is -1.09. The number of rotatable bonds is 2. The van der Waals surface area contributed by atoms with Gasteiger partial charge in [-0.15, -0.1) is 0 Å². The van der Waals surface area contributed by atoms with Crippen molar-refractivity contribution < 1.29 is 14.0 Å². The number of carbonyl (C=O) groups is 2. The van der Waals surface area contributed by atoms with Crippen LogP contribution in [0.3, 0.4) is 0 Å². The lowest BCUT2D eigenvalue weighted by Gasteiger charge is -2.16. The van der Waals surface area contributed by atoms with E-state index in [0.717, 1.165) is 22.2 Å². The minimum atomic E-state index is -0.452. The van der Waals surface area contributed by atoms with Crippen LogP contribution in [0.1, 0.15) is 22.3 Å². The van der Waals surface area contributed by atoms with Crippen molar-refractivity contribution >= 4 is 28.5 Å². The highest BCUT2D eigenvalue weighted by Crippen LogP contribution is 2.27. The van der Waals surface area contributed by atoms with Gasteiger partial charge >= 0.3 is 0 Å². The van der Waals surface area contributed by atoms with Crippen molar-refractivity contribution in [1.29, 1.82) is 0 Å². The van der Waals surface area contributed by atoms with Crippen molar-refractivity contribution in [3.63, 3.8) is 0 Å². The second-order valence-corrected chi connectivity index (χ2v) is 6.76. The molecule has 1 unspecified atom stereocenters. The molecular weight excluding hydrogens is 333 g/mol. The first-order valence-electron chi connectivity index (χ1n) is 8.48. The largest absolute Gasteiger partial charge is 0.312 e. The zero-order valence-corrected chi connectivity index (χ0v) is 14.6. The predicted molar refractivity (Wildman–Crippen MR) is 96.7 cm³/mol. The number of benzene rings is 2. The Morgan fingerprint density at radius 1 is 1.15 bits per heavy atom. The molecule has 0 aliphatic carbocycles. The summed E-state index contributed by atoms with van der Waals surface area (Å²) in [5.41, 5.74) is 4.33. The summed E-state index contributed by atoms with van der Waals surface area (Å²) in [6.07, 6.45) is 1.66. The maximum Gasteiger partial charge on any atom is 0.237 e. The van der Waals surface area contributed by atoms with E-state index in [1.54, 1.807) is 12.1 Å². The molecule has 0 N–H and O–H groups in total. The third-order valence-electron chi connectivity index (χ3n) is 5.01. The number of hydrogen-bond donors (Lipinski definition) is 0. The molecule has 0 spiro atoms. The molecule has 5 nitrogen and oxygen atoms in total. The lowest BCUT2D eigenvalue weighted by molar-refractivity contribution is -0.117. The van der Waals surface area contributed by atoms with Crippen LogP contribution in [0, 0.1) is 25.6 Å². The van der Waals surface area contributed by atoms with Gasteiger partial charge in [0.05, 0.1) is 17.0 Å². The van der Waals surface area contributed by atoms with E-state index in [9.17, 15) is 14.0 Å². The number of aromatic nitrogens is 2. The first kappa shape index (κ1) is 16.4. The van der Waals surface area contributed by atoms with Gasteiger partial charge in [-0.2, -0.15) is 0 Å². The molecule has 0 saturated carbocycles. The van der Waals surface area contributed by atoms with Crippen LogP contribution in [0.4, 0.5) is 10.1 Å². The van der Waals surface area contributed by atoms with E-state index in [2.05, 4.69) is 4.98 Å². The van der Waals surface area contributed by atoms with Crippen molar-refractivity contribution in [2.24, 2.45) is 5.92 Å². The lowest BCUT2D eigenvalue weighted by atomic mass is 10.1. The van der Waals surface area contributed by atoms with Crippen LogP contribution in [-0.4, -0.2) is 27.9 Å². The molecule has 2 aromatic carbocycles. The van der Waals surface area contributed by atoms with E-state index < -0.39 is 5.92 Å². The predicted octanol–water partition coefficient (Wildman–Crippen LogP) is 3.49. The second-order valence-electron chi connectivity index (χ2n) is 6.76. The highest BCUT2D eigenvalue weighted by atomic mass is 19.1. The number of aryl methyl sites for hydroxylation is 2. The molecule has 1 aliphatic rings. The Kier molecular flexibility index (Phi) is 3.83. The zero-order valence-electron chi connectivity index (χ0n) is 14.6. The molecule has 6 heteroatoms. The number of nitrogens with zero attached hydrogens (tertiary/aromatic N) is 3. The quantitative estimate of drug-likeness (QED) is 0.710. The lowest BCUT2D eigenvalue weighted by Crippen LogP contribution is -2.27. The first-order valence-corrected chi connectivity index (χ1v) is 8.48. The van der Waals surface area contributed by atoms with Crippen LogP contribution in [0.5, 0.6) is 0 Å². The molecule has 1 fully saturated rings. The van der Waals surface area contributed by atoms with Crippen molar-refractivity contribution in [3.8, 4) is 0 Å². The SMILES string of the molecule is Cc1cc2ncn(C(=O)C3CC(=O)N(c4ccc(F)cc4)C3)c2cc1C. The molecule has 0 radical (unpaired) electrons. The number of amides is 1. The van der Waals surface area contributed by atoms with Gasteiger partial charge in [-0.3, -0.25) is 14.2 Å².